The number of carbonyl (C=O) groups excluding carboxylic acids is 1. The summed E-state index contributed by atoms with van der Waals surface area (Å²) in [6.07, 6.45) is 1.13. The third-order valence-electron chi connectivity index (χ3n) is 2.75. The van der Waals surface area contributed by atoms with E-state index >= 15 is 0 Å². The van der Waals surface area contributed by atoms with Gasteiger partial charge in [0.05, 0.1) is 11.5 Å². The second-order valence-electron chi connectivity index (χ2n) is 4.40. The molecule has 23 heavy (non-hydrogen) atoms. The number of nitrogens with zero attached hydrogens (tertiary/aromatic N) is 2. The Labute approximate surface area is 132 Å². The summed E-state index contributed by atoms with van der Waals surface area (Å²) in [5, 5.41) is 13.5. The SMILES string of the molecule is CCOC(=O)CNc1ccc(Oc2ccc([N+](=O)[O-])cn2)cc1. The minimum Gasteiger partial charge on any atom is -0.465 e. The molecule has 120 valence electrons. The number of nitrogens with one attached hydrogen (secondary N) is 1. The fourth-order valence-corrected chi connectivity index (χ4v) is 1.69. The van der Waals surface area contributed by atoms with E-state index in [-0.39, 0.29) is 24.1 Å². The summed E-state index contributed by atoms with van der Waals surface area (Å²) in [5.74, 6) is 0.443. The number of hydrogen-bond acceptors (Lipinski definition) is 7. The summed E-state index contributed by atoms with van der Waals surface area (Å²) in [5.41, 5.74) is 0.637. The van der Waals surface area contributed by atoms with Gasteiger partial charge in [-0.05, 0) is 31.2 Å². The number of carbonyl (C=O) groups is 1. The normalized spacial score (nSPS) is 9.96. The van der Waals surface area contributed by atoms with Gasteiger partial charge in [0.15, 0.2) is 0 Å². The van der Waals surface area contributed by atoms with Gasteiger partial charge >= 0.3 is 5.97 Å². The van der Waals surface area contributed by atoms with E-state index in [1.165, 1.54) is 12.1 Å². The van der Waals surface area contributed by atoms with Crippen LogP contribution in [0.2, 0.25) is 0 Å². The van der Waals surface area contributed by atoms with Crippen molar-refractivity contribution in [3.63, 3.8) is 0 Å². The number of nitro groups is 1. The minimum atomic E-state index is -0.527. The van der Waals surface area contributed by atoms with Crippen LogP contribution in [0.1, 0.15) is 6.92 Å². The summed E-state index contributed by atoms with van der Waals surface area (Å²) in [4.78, 5) is 25.1. The summed E-state index contributed by atoms with van der Waals surface area (Å²) >= 11 is 0. The van der Waals surface area contributed by atoms with Gasteiger partial charge in [0.2, 0.25) is 5.88 Å². The Kier molecular flexibility index (Phi) is 5.45. The number of rotatable bonds is 7. The Morgan fingerprint density at radius 3 is 2.57 bits per heavy atom. The fourth-order valence-electron chi connectivity index (χ4n) is 1.69. The van der Waals surface area contributed by atoms with Gasteiger partial charge in [-0.3, -0.25) is 14.9 Å². The van der Waals surface area contributed by atoms with Gasteiger partial charge in [-0.1, -0.05) is 0 Å². The molecule has 0 saturated carbocycles. The van der Waals surface area contributed by atoms with Crippen LogP contribution in [0.25, 0.3) is 0 Å². The highest BCUT2D eigenvalue weighted by atomic mass is 16.6. The molecule has 0 unspecified atom stereocenters. The molecule has 2 rings (SSSR count). The van der Waals surface area contributed by atoms with E-state index in [0.29, 0.717) is 12.4 Å². The minimum absolute atomic E-state index is 0.0813. The van der Waals surface area contributed by atoms with Crippen molar-refractivity contribution in [3.05, 3.63) is 52.7 Å². The number of esters is 1. The quantitative estimate of drug-likeness (QED) is 0.475. The highest BCUT2D eigenvalue weighted by molar-refractivity contribution is 5.74. The van der Waals surface area contributed by atoms with Crippen molar-refractivity contribution in [1.29, 1.82) is 0 Å². The van der Waals surface area contributed by atoms with E-state index in [4.69, 9.17) is 9.47 Å². The zero-order chi connectivity index (χ0) is 16.7. The molecule has 0 aliphatic carbocycles. The lowest BCUT2D eigenvalue weighted by atomic mass is 10.3. The zero-order valence-electron chi connectivity index (χ0n) is 12.4. The molecule has 2 aromatic rings. The first-order valence-corrected chi connectivity index (χ1v) is 6.86. The highest BCUT2D eigenvalue weighted by Crippen LogP contribution is 2.22. The second kappa shape index (κ2) is 7.74. The largest absolute Gasteiger partial charge is 0.465 e. The van der Waals surface area contributed by atoms with E-state index in [1.54, 1.807) is 31.2 Å². The lowest BCUT2D eigenvalue weighted by Crippen LogP contribution is -2.16. The van der Waals surface area contributed by atoms with Crippen molar-refractivity contribution in [2.24, 2.45) is 0 Å². The molecule has 1 heterocycles. The molecule has 8 heteroatoms. The van der Waals surface area contributed by atoms with Crippen LogP contribution in [0, 0.1) is 10.1 Å². The van der Waals surface area contributed by atoms with Crippen LogP contribution >= 0.6 is 0 Å². The van der Waals surface area contributed by atoms with Crippen LogP contribution in [0.4, 0.5) is 11.4 Å². The summed E-state index contributed by atoms with van der Waals surface area (Å²) in [7, 11) is 0. The number of aromatic nitrogens is 1. The average Bonchev–Trinajstić information content (AvgIpc) is 2.55. The van der Waals surface area contributed by atoms with Gasteiger partial charge in [-0.2, -0.15) is 0 Å². The maximum absolute atomic E-state index is 11.2. The molecular formula is C15H15N3O5. The Morgan fingerprint density at radius 1 is 1.26 bits per heavy atom. The maximum atomic E-state index is 11.2. The lowest BCUT2D eigenvalue weighted by molar-refractivity contribution is -0.385. The number of pyridine rings is 1. The van der Waals surface area contributed by atoms with Gasteiger partial charge in [-0.15, -0.1) is 0 Å². The number of anilines is 1. The molecule has 1 aromatic heterocycles. The Hall–Kier alpha value is -3.16. The smallest absolute Gasteiger partial charge is 0.325 e. The van der Waals surface area contributed by atoms with Gasteiger partial charge in [0.1, 0.15) is 18.5 Å². The number of benzene rings is 1. The van der Waals surface area contributed by atoms with Crippen molar-refractivity contribution in [2.45, 2.75) is 6.92 Å². The molecule has 8 nitrogen and oxygen atoms in total. The highest BCUT2D eigenvalue weighted by Gasteiger charge is 2.06. The monoisotopic (exact) mass is 317 g/mol. The second-order valence-corrected chi connectivity index (χ2v) is 4.40. The molecule has 0 saturated heterocycles. The molecule has 0 bridgehead atoms. The van der Waals surface area contributed by atoms with E-state index in [9.17, 15) is 14.9 Å². The molecular weight excluding hydrogens is 302 g/mol. The van der Waals surface area contributed by atoms with E-state index in [1.807, 2.05) is 0 Å². The van der Waals surface area contributed by atoms with Gasteiger partial charge in [-0.25, -0.2) is 4.98 Å². The standard InChI is InChI=1S/C15H15N3O5/c1-2-22-15(19)10-16-11-3-6-13(7-4-11)23-14-8-5-12(9-17-14)18(20)21/h3-9,16H,2,10H2,1H3. The van der Waals surface area contributed by atoms with Crippen LogP contribution < -0.4 is 10.1 Å². The topological polar surface area (TPSA) is 104 Å². The van der Waals surface area contributed by atoms with Crippen LogP contribution in [0.5, 0.6) is 11.6 Å². The van der Waals surface area contributed by atoms with Crippen LogP contribution in [-0.4, -0.2) is 29.0 Å². The summed E-state index contributed by atoms with van der Waals surface area (Å²) in [6, 6.07) is 9.59. The van der Waals surface area contributed by atoms with Crippen molar-refractivity contribution in [2.75, 3.05) is 18.5 Å². The van der Waals surface area contributed by atoms with E-state index in [0.717, 1.165) is 11.9 Å². The molecule has 1 aromatic carbocycles. The first-order valence-electron chi connectivity index (χ1n) is 6.86. The fraction of sp³-hybridized carbons (Fsp3) is 0.200. The molecule has 1 N–H and O–H groups in total. The van der Waals surface area contributed by atoms with Gasteiger partial charge in [0, 0.05) is 17.8 Å². The van der Waals surface area contributed by atoms with Crippen LogP contribution in [0.15, 0.2) is 42.6 Å². The predicted molar refractivity (Wildman–Crippen MR) is 82.5 cm³/mol. The molecule has 0 spiro atoms. The Bertz CT molecular complexity index is 671. The Balaban J connectivity index is 1.91. The summed E-state index contributed by atoms with van der Waals surface area (Å²) < 4.78 is 10.3. The Morgan fingerprint density at radius 2 is 2.00 bits per heavy atom. The molecule has 0 aliphatic rings. The van der Waals surface area contributed by atoms with Gasteiger partial charge < -0.3 is 14.8 Å². The lowest BCUT2D eigenvalue weighted by Gasteiger charge is -2.08. The van der Waals surface area contributed by atoms with E-state index in [2.05, 4.69) is 10.3 Å². The van der Waals surface area contributed by atoms with Crippen molar-refractivity contribution >= 4 is 17.3 Å². The summed E-state index contributed by atoms with van der Waals surface area (Å²) in [6.45, 7) is 2.17. The third kappa shape index (κ3) is 4.95. The predicted octanol–water partition coefficient (Wildman–Crippen LogP) is 2.76. The molecule has 0 radical (unpaired) electrons. The number of hydrogen-bond donors (Lipinski definition) is 1. The van der Waals surface area contributed by atoms with Crippen LogP contribution in [-0.2, 0) is 9.53 Å². The van der Waals surface area contributed by atoms with Gasteiger partial charge in [0.25, 0.3) is 5.69 Å². The molecule has 0 atom stereocenters. The third-order valence-corrected chi connectivity index (χ3v) is 2.75. The van der Waals surface area contributed by atoms with Crippen molar-refractivity contribution in [1.82, 2.24) is 4.98 Å². The zero-order valence-corrected chi connectivity index (χ0v) is 12.4. The average molecular weight is 317 g/mol. The van der Waals surface area contributed by atoms with E-state index < -0.39 is 4.92 Å². The molecule has 0 amide bonds. The first-order chi connectivity index (χ1) is 11.1. The van der Waals surface area contributed by atoms with Crippen LogP contribution in [0.3, 0.4) is 0 Å². The van der Waals surface area contributed by atoms with Crippen molar-refractivity contribution < 1.29 is 19.2 Å². The maximum Gasteiger partial charge on any atom is 0.325 e. The number of ether oxygens (including phenoxy) is 2. The molecule has 0 aliphatic heterocycles. The van der Waals surface area contributed by atoms with Crippen molar-refractivity contribution in [3.8, 4) is 11.6 Å². The molecule has 0 fully saturated rings. The first kappa shape index (κ1) is 16.2.